The Kier molecular flexibility index (Phi) is 5.76. The molecule has 28 heavy (non-hydrogen) atoms. The van der Waals surface area contributed by atoms with Crippen LogP contribution in [0.3, 0.4) is 0 Å². The van der Waals surface area contributed by atoms with E-state index in [9.17, 15) is 19.1 Å². The second kappa shape index (κ2) is 7.93. The number of anilines is 1. The van der Waals surface area contributed by atoms with Gasteiger partial charge in [0.2, 0.25) is 0 Å². The number of nitrogens with zero attached hydrogens (tertiary/aromatic N) is 3. The minimum atomic E-state index is -1.70. The molecule has 1 unspecified atom stereocenters. The summed E-state index contributed by atoms with van der Waals surface area (Å²) in [6, 6.07) is 7.45. The van der Waals surface area contributed by atoms with E-state index in [1.165, 1.54) is 29.7 Å². The van der Waals surface area contributed by atoms with Gasteiger partial charge in [-0.3, -0.25) is 9.59 Å². The molecule has 0 saturated carbocycles. The van der Waals surface area contributed by atoms with Crippen molar-refractivity contribution in [2.75, 3.05) is 31.1 Å². The first-order valence-corrected chi connectivity index (χ1v) is 9.44. The summed E-state index contributed by atoms with van der Waals surface area (Å²) in [5.74, 6) is -0.824. The molecule has 6 nitrogen and oxygen atoms in total. The number of rotatable bonds is 4. The number of piperazine rings is 1. The average molecular weight is 408 g/mol. The molecule has 8 heteroatoms. The van der Waals surface area contributed by atoms with Gasteiger partial charge in [0.1, 0.15) is 5.82 Å². The molecule has 0 bridgehead atoms. The second-order valence-corrected chi connectivity index (χ2v) is 7.73. The number of pyridine rings is 1. The zero-order chi connectivity index (χ0) is 20.5. The van der Waals surface area contributed by atoms with E-state index in [0.717, 1.165) is 5.56 Å². The van der Waals surface area contributed by atoms with Crippen molar-refractivity contribution in [3.05, 3.63) is 63.3 Å². The summed E-state index contributed by atoms with van der Waals surface area (Å²) in [6.45, 7) is 4.92. The van der Waals surface area contributed by atoms with Gasteiger partial charge in [-0.1, -0.05) is 11.6 Å². The minimum Gasteiger partial charge on any atom is -0.378 e. The number of aryl methyl sites for hydroxylation is 1. The summed E-state index contributed by atoms with van der Waals surface area (Å²) in [4.78, 5) is 28.4. The highest BCUT2D eigenvalue weighted by Crippen LogP contribution is 2.27. The van der Waals surface area contributed by atoms with Crippen LogP contribution in [0.25, 0.3) is 0 Å². The maximum Gasteiger partial charge on any atom is 0.256 e. The third-order valence-electron chi connectivity index (χ3n) is 4.91. The van der Waals surface area contributed by atoms with E-state index >= 15 is 0 Å². The highest BCUT2D eigenvalue weighted by Gasteiger charge is 2.36. The summed E-state index contributed by atoms with van der Waals surface area (Å²) < 4.78 is 14.6. The molecule has 2 aromatic rings. The Morgan fingerprint density at radius 1 is 1.21 bits per heavy atom. The number of aliphatic hydroxyl groups is 1. The van der Waals surface area contributed by atoms with Crippen molar-refractivity contribution in [2.45, 2.75) is 26.0 Å². The molecule has 1 aliphatic rings. The lowest BCUT2D eigenvalue weighted by molar-refractivity contribution is -0.151. The van der Waals surface area contributed by atoms with Crippen molar-refractivity contribution in [1.29, 1.82) is 0 Å². The zero-order valence-electron chi connectivity index (χ0n) is 15.9. The van der Waals surface area contributed by atoms with Crippen LogP contribution in [0.1, 0.15) is 12.5 Å². The first kappa shape index (κ1) is 20.4. The lowest BCUT2D eigenvalue weighted by atomic mass is 10.0. The Balaban J connectivity index is 1.66. The van der Waals surface area contributed by atoms with Crippen LogP contribution < -0.4 is 10.5 Å². The highest BCUT2D eigenvalue weighted by atomic mass is 35.5. The SMILES string of the molecule is Cc1ccn(CC(C)(O)C(=O)N2CCN(c3ccc(F)cc3Cl)CC2)c(=O)c1. The van der Waals surface area contributed by atoms with Crippen molar-refractivity contribution in [1.82, 2.24) is 9.47 Å². The van der Waals surface area contributed by atoms with Crippen LogP contribution in [-0.2, 0) is 11.3 Å². The molecule has 0 radical (unpaired) electrons. The predicted molar refractivity (Wildman–Crippen MR) is 106 cm³/mol. The Morgan fingerprint density at radius 2 is 1.89 bits per heavy atom. The van der Waals surface area contributed by atoms with Crippen LogP contribution in [0, 0.1) is 12.7 Å². The van der Waals surface area contributed by atoms with Gasteiger partial charge in [-0.15, -0.1) is 0 Å². The minimum absolute atomic E-state index is 0.116. The predicted octanol–water partition coefficient (Wildman–Crippen LogP) is 2.05. The first-order valence-electron chi connectivity index (χ1n) is 9.06. The largest absolute Gasteiger partial charge is 0.378 e. The summed E-state index contributed by atoms with van der Waals surface area (Å²) >= 11 is 6.12. The van der Waals surface area contributed by atoms with Gasteiger partial charge in [0.05, 0.1) is 17.3 Å². The molecule has 3 rings (SSSR count). The normalized spacial score (nSPS) is 16.8. The van der Waals surface area contributed by atoms with Gasteiger partial charge in [-0.05, 0) is 43.7 Å². The zero-order valence-corrected chi connectivity index (χ0v) is 16.6. The molecule has 1 atom stereocenters. The van der Waals surface area contributed by atoms with Gasteiger partial charge in [0, 0.05) is 38.4 Å². The summed E-state index contributed by atoms with van der Waals surface area (Å²) in [7, 11) is 0. The highest BCUT2D eigenvalue weighted by molar-refractivity contribution is 6.33. The van der Waals surface area contributed by atoms with Gasteiger partial charge in [0.15, 0.2) is 5.60 Å². The lowest BCUT2D eigenvalue weighted by Crippen LogP contribution is -2.56. The van der Waals surface area contributed by atoms with E-state index in [2.05, 4.69) is 0 Å². The second-order valence-electron chi connectivity index (χ2n) is 7.32. The lowest BCUT2D eigenvalue weighted by Gasteiger charge is -2.39. The number of carbonyl (C=O) groups excluding carboxylic acids is 1. The summed E-state index contributed by atoms with van der Waals surface area (Å²) in [6.07, 6.45) is 1.58. The number of amides is 1. The number of hydrogen-bond donors (Lipinski definition) is 1. The molecule has 1 amide bonds. The molecule has 0 aliphatic carbocycles. The maximum atomic E-state index is 13.2. The molecule has 0 spiro atoms. The van der Waals surface area contributed by atoms with Crippen LogP contribution in [0.2, 0.25) is 5.02 Å². The number of aromatic nitrogens is 1. The van der Waals surface area contributed by atoms with Crippen molar-refractivity contribution < 1.29 is 14.3 Å². The fraction of sp³-hybridized carbons (Fsp3) is 0.400. The number of hydrogen-bond acceptors (Lipinski definition) is 4. The first-order chi connectivity index (χ1) is 13.2. The molecule has 1 N–H and O–H groups in total. The van der Waals surface area contributed by atoms with E-state index in [1.54, 1.807) is 23.2 Å². The smallest absolute Gasteiger partial charge is 0.256 e. The molecule has 2 heterocycles. The van der Waals surface area contributed by atoms with Crippen molar-refractivity contribution in [2.24, 2.45) is 0 Å². The molecular formula is C20H23ClFN3O3. The van der Waals surface area contributed by atoms with Crippen LogP contribution in [0.5, 0.6) is 0 Å². The number of benzene rings is 1. The quantitative estimate of drug-likeness (QED) is 0.842. The van der Waals surface area contributed by atoms with E-state index in [4.69, 9.17) is 11.6 Å². The summed E-state index contributed by atoms with van der Waals surface area (Å²) in [5, 5.41) is 11.0. The maximum absolute atomic E-state index is 13.2. The van der Waals surface area contributed by atoms with Crippen LogP contribution in [0.15, 0.2) is 41.3 Å². The van der Waals surface area contributed by atoms with Gasteiger partial charge < -0.3 is 19.5 Å². The van der Waals surface area contributed by atoms with Gasteiger partial charge in [-0.2, -0.15) is 0 Å². The van der Waals surface area contributed by atoms with E-state index < -0.39 is 17.3 Å². The molecule has 1 saturated heterocycles. The molecule has 1 aromatic heterocycles. The standard InChI is InChI=1S/C20H23ClFN3O3/c1-14-5-6-25(18(26)11-14)13-20(2,28)19(27)24-9-7-23(8-10-24)17-4-3-15(22)12-16(17)21/h3-6,11-12,28H,7-10,13H2,1-2H3. The Bertz CT molecular complexity index is 937. The van der Waals surface area contributed by atoms with Gasteiger partial charge >= 0.3 is 0 Å². The van der Waals surface area contributed by atoms with Crippen molar-refractivity contribution in [3.63, 3.8) is 0 Å². The van der Waals surface area contributed by atoms with Crippen LogP contribution in [-0.4, -0.2) is 52.3 Å². The average Bonchev–Trinajstić information content (AvgIpc) is 2.64. The van der Waals surface area contributed by atoms with E-state index in [-0.39, 0.29) is 12.1 Å². The third-order valence-corrected chi connectivity index (χ3v) is 5.21. The van der Waals surface area contributed by atoms with Crippen molar-refractivity contribution in [3.8, 4) is 0 Å². The number of halogens is 2. The molecule has 150 valence electrons. The molecule has 1 aliphatic heterocycles. The topological polar surface area (TPSA) is 65.8 Å². The number of carbonyl (C=O) groups is 1. The van der Waals surface area contributed by atoms with Gasteiger partial charge in [0.25, 0.3) is 11.5 Å². The monoisotopic (exact) mass is 407 g/mol. The third kappa shape index (κ3) is 4.36. The Labute approximate surface area is 167 Å². The Morgan fingerprint density at radius 3 is 2.50 bits per heavy atom. The Hall–Kier alpha value is -2.38. The van der Waals surface area contributed by atoms with E-state index in [1.807, 2.05) is 11.8 Å². The fourth-order valence-corrected chi connectivity index (χ4v) is 3.65. The van der Waals surface area contributed by atoms with Crippen LogP contribution in [0.4, 0.5) is 10.1 Å². The van der Waals surface area contributed by atoms with Gasteiger partial charge in [-0.25, -0.2) is 4.39 Å². The van der Waals surface area contributed by atoms with Crippen molar-refractivity contribution >= 4 is 23.2 Å². The molecular weight excluding hydrogens is 385 g/mol. The summed E-state index contributed by atoms with van der Waals surface area (Å²) in [5.41, 5.74) is -0.422. The van der Waals surface area contributed by atoms with E-state index in [0.29, 0.717) is 36.9 Å². The van der Waals surface area contributed by atoms with Crippen LogP contribution >= 0.6 is 11.6 Å². The molecule has 1 aromatic carbocycles. The fourth-order valence-electron chi connectivity index (χ4n) is 3.37. The molecule has 1 fully saturated rings.